The number of nitrogens with two attached hydrogens (primary N) is 1. The van der Waals surface area contributed by atoms with Crippen molar-refractivity contribution in [2.45, 2.75) is 4.90 Å². The highest BCUT2D eigenvalue weighted by molar-refractivity contribution is 7.89. The molecule has 0 aliphatic rings. The zero-order valence-corrected chi connectivity index (χ0v) is 7.28. The fraction of sp³-hybridized carbons (Fsp3) is 0. The van der Waals surface area contributed by atoms with Gasteiger partial charge in [-0.2, -0.15) is 0 Å². The molecule has 5 nitrogen and oxygen atoms in total. The monoisotopic (exact) mass is 201 g/mol. The maximum Gasteiger partial charge on any atom is 0.241 e. The molecule has 0 heterocycles. The smallest absolute Gasteiger partial charge is 0.241 e. The third kappa shape index (κ3) is 1.85. The number of rotatable bonds is 2. The topological polar surface area (TPSA) is 97.5 Å². The van der Waals surface area contributed by atoms with Crippen LogP contribution in [0, 0.1) is 0 Å². The van der Waals surface area contributed by atoms with Crippen molar-refractivity contribution in [3.8, 4) is 5.75 Å². The van der Waals surface area contributed by atoms with Gasteiger partial charge in [0, 0.05) is 0 Å². The number of benzene rings is 1. The number of phenols is 1. The van der Waals surface area contributed by atoms with Crippen molar-refractivity contribution in [3.05, 3.63) is 23.8 Å². The molecule has 0 saturated heterocycles. The average Bonchev–Trinajstić information content (AvgIpc) is 2.02. The number of sulfonamides is 1. The Morgan fingerprint density at radius 1 is 1.38 bits per heavy atom. The number of primary sulfonamides is 1. The molecule has 0 aliphatic carbocycles. The van der Waals surface area contributed by atoms with Crippen LogP contribution in [0.2, 0.25) is 0 Å². The standard InChI is InChI=1S/C7H7NO4S/c8-13(11,12)6-3-1-2-5(4-9)7(6)10/h1-4,10H,(H2,8,11,12). The minimum atomic E-state index is -3.97. The van der Waals surface area contributed by atoms with Gasteiger partial charge in [-0.1, -0.05) is 6.07 Å². The predicted octanol–water partition coefficient (Wildman–Crippen LogP) is -0.148. The number of aldehydes is 1. The summed E-state index contributed by atoms with van der Waals surface area (Å²) in [6.45, 7) is 0. The van der Waals surface area contributed by atoms with E-state index < -0.39 is 20.7 Å². The Kier molecular flexibility index (Phi) is 2.35. The van der Waals surface area contributed by atoms with Gasteiger partial charge in [0.15, 0.2) is 6.29 Å². The maximum absolute atomic E-state index is 10.8. The van der Waals surface area contributed by atoms with Crippen molar-refractivity contribution in [1.29, 1.82) is 0 Å². The van der Waals surface area contributed by atoms with E-state index in [9.17, 15) is 18.3 Å². The molecule has 70 valence electrons. The van der Waals surface area contributed by atoms with Crippen LogP contribution in [0.15, 0.2) is 23.1 Å². The lowest BCUT2D eigenvalue weighted by Crippen LogP contribution is -2.12. The van der Waals surface area contributed by atoms with Gasteiger partial charge in [0.25, 0.3) is 0 Å². The summed E-state index contributed by atoms with van der Waals surface area (Å²) in [5.74, 6) is -0.611. The van der Waals surface area contributed by atoms with Crippen molar-refractivity contribution in [2.24, 2.45) is 5.14 Å². The molecule has 3 N–H and O–H groups in total. The normalized spacial score (nSPS) is 11.2. The van der Waals surface area contributed by atoms with Crippen LogP contribution >= 0.6 is 0 Å². The third-order valence-electron chi connectivity index (χ3n) is 1.46. The van der Waals surface area contributed by atoms with Crippen LogP contribution in [-0.2, 0) is 10.0 Å². The van der Waals surface area contributed by atoms with E-state index in [0.717, 1.165) is 6.07 Å². The van der Waals surface area contributed by atoms with E-state index in [-0.39, 0.29) is 5.56 Å². The van der Waals surface area contributed by atoms with Gasteiger partial charge in [-0.3, -0.25) is 4.79 Å². The Morgan fingerprint density at radius 3 is 2.46 bits per heavy atom. The molecule has 0 aliphatic heterocycles. The predicted molar refractivity (Wildman–Crippen MR) is 44.9 cm³/mol. The summed E-state index contributed by atoms with van der Waals surface area (Å²) in [4.78, 5) is 9.86. The zero-order chi connectivity index (χ0) is 10.1. The number of aromatic hydroxyl groups is 1. The second kappa shape index (κ2) is 3.15. The van der Waals surface area contributed by atoms with Crippen LogP contribution in [0.4, 0.5) is 0 Å². The van der Waals surface area contributed by atoms with E-state index in [2.05, 4.69) is 0 Å². The molecule has 1 aromatic carbocycles. The van der Waals surface area contributed by atoms with E-state index in [0.29, 0.717) is 6.29 Å². The van der Waals surface area contributed by atoms with Crippen LogP contribution in [0.5, 0.6) is 5.75 Å². The fourth-order valence-corrected chi connectivity index (χ4v) is 1.52. The molecule has 0 fully saturated rings. The molecule has 0 radical (unpaired) electrons. The van der Waals surface area contributed by atoms with E-state index in [1.807, 2.05) is 0 Å². The highest BCUT2D eigenvalue weighted by atomic mass is 32.2. The summed E-state index contributed by atoms with van der Waals surface area (Å²) in [6, 6.07) is 3.73. The lowest BCUT2D eigenvalue weighted by molar-refractivity contribution is 0.112. The van der Waals surface area contributed by atoms with Gasteiger partial charge in [-0.05, 0) is 12.1 Å². The first kappa shape index (κ1) is 9.69. The van der Waals surface area contributed by atoms with E-state index in [4.69, 9.17) is 5.14 Å². The van der Waals surface area contributed by atoms with Gasteiger partial charge in [-0.25, -0.2) is 13.6 Å². The molecular weight excluding hydrogens is 194 g/mol. The molecule has 1 rings (SSSR count). The lowest BCUT2D eigenvalue weighted by atomic mass is 10.2. The molecular formula is C7H7NO4S. The van der Waals surface area contributed by atoms with Gasteiger partial charge in [0.2, 0.25) is 10.0 Å². The van der Waals surface area contributed by atoms with Crippen molar-refractivity contribution in [1.82, 2.24) is 0 Å². The maximum atomic E-state index is 10.8. The minimum Gasteiger partial charge on any atom is -0.506 e. The molecule has 6 heteroatoms. The number of hydrogen-bond acceptors (Lipinski definition) is 4. The highest BCUT2D eigenvalue weighted by Gasteiger charge is 2.15. The Labute approximate surface area is 74.9 Å². The molecule has 13 heavy (non-hydrogen) atoms. The van der Waals surface area contributed by atoms with Crippen LogP contribution in [0.3, 0.4) is 0 Å². The van der Waals surface area contributed by atoms with Gasteiger partial charge >= 0.3 is 0 Å². The van der Waals surface area contributed by atoms with Crippen LogP contribution in [-0.4, -0.2) is 19.8 Å². The summed E-state index contributed by atoms with van der Waals surface area (Å²) in [7, 11) is -3.97. The van der Waals surface area contributed by atoms with Gasteiger partial charge in [-0.15, -0.1) is 0 Å². The first-order valence-electron chi connectivity index (χ1n) is 3.27. The van der Waals surface area contributed by atoms with Gasteiger partial charge in [0.1, 0.15) is 10.6 Å². The lowest BCUT2D eigenvalue weighted by Gasteiger charge is -2.02. The number of phenolic OH excluding ortho intramolecular Hbond substituents is 1. The second-order valence-electron chi connectivity index (χ2n) is 2.36. The highest BCUT2D eigenvalue weighted by Crippen LogP contribution is 2.23. The number of carbonyl (C=O) groups is 1. The molecule has 0 bridgehead atoms. The summed E-state index contributed by atoms with van der Waals surface area (Å²) >= 11 is 0. The summed E-state index contributed by atoms with van der Waals surface area (Å²) in [5.41, 5.74) is -0.105. The van der Waals surface area contributed by atoms with Crippen molar-refractivity contribution in [2.75, 3.05) is 0 Å². The van der Waals surface area contributed by atoms with E-state index in [1.54, 1.807) is 0 Å². The first-order chi connectivity index (χ1) is 5.96. The molecule has 0 atom stereocenters. The van der Waals surface area contributed by atoms with E-state index >= 15 is 0 Å². The van der Waals surface area contributed by atoms with E-state index in [1.165, 1.54) is 12.1 Å². The van der Waals surface area contributed by atoms with Crippen molar-refractivity contribution in [3.63, 3.8) is 0 Å². The van der Waals surface area contributed by atoms with Crippen LogP contribution < -0.4 is 5.14 Å². The second-order valence-corrected chi connectivity index (χ2v) is 3.89. The Hall–Kier alpha value is -1.40. The Morgan fingerprint density at radius 2 is 2.00 bits per heavy atom. The van der Waals surface area contributed by atoms with Gasteiger partial charge < -0.3 is 5.11 Å². The number of hydrogen-bond donors (Lipinski definition) is 2. The largest absolute Gasteiger partial charge is 0.506 e. The van der Waals surface area contributed by atoms with Crippen LogP contribution in [0.1, 0.15) is 10.4 Å². The SMILES string of the molecule is NS(=O)(=O)c1cccc(C=O)c1O. The first-order valence-corrected chi connectivity index (χ1v) is 4.81. The molecule has 0 amide bonds. The Balaban J connectivity index is 3.50. The third-order valence-corrected chi connectivity index (χ3v) is 2.41. The minimum absolute atomic E-state index is 0.105. The quantitative estimate of drug-likeness (QED) is 0.650. The molecule has 0 aromatic heterocycles. The molecule has 1 aromatic rings. The summed E-state index contributed by atoms with van der Waals surface area (Å²) in [6.07, 6.45) is 0.351. The van der Waals surface area contributed by atoms with Crippen LogP contribution in [0.25, 0.3) is 0 Å². The Bertz CT molecular complexity index is 438. The zero-order valence-electron chi connectivity index (χ0n) is 6.47. The summed E-state index contributed by atoms with van der Waals surface area (Å²) < 4.78 is 21.6. The van der Waals surface area contributed by atoms with Crippen molar-refractivity contribution >= 4 is 16.3 Å². The molecule has 0 saturated carbocycles. The van der Waals surface area contributed by atoms with Crippen molar-refractivity contribution < 1.29 is 18.3 Å². The summed E-state index contributed by atoms with van der Waals surface area (Å²) in [5, 5.41) is 14.0. The molecule has 0 unspecified atom stereocenters. The van der Waals surface area contributed by atoms with Gasteiger partial charge in [0.05, 0.1) is 5.56 Å². The molecule has 0 spiro atoms. The number of para-hydroxylation sites is 1. The fourth-order valence-electron chi connectivity index (χ4n) is 0.864. The number of carbonyl (C=O) groups excluding carboxylic acids is 1. The average molecular weight is 201 g/mol.